The zero-order valence-corrected chi connectivity index (χ0v) is 8.73. The van der Waals surface area contributed by atoms with Gasteiger partial charge >= 0.3 is 5.54 Å². The predicted octanol–water partition coefficient (Wildman–Crippen LogP) is 3.15. The van der Waals surface area contributed by atoms with Crippen molar-refractivity contribution in [3.8, 4) is 0 Å². The summed E-state index contributed by atoms with van der Waals surface area (Å²) >= 11 is 11.8. The van der Waals surface area contributed by atoms with E-state index in [-0.39, 0.29) is 0 Å². The molecular weight excluding hydrogens is 202 g/mol. The third-order valence-corrected chi connectivity index (χ3v) is 2.70. The molecule has 2 aliphatic carbocycles. The normalized spacial score (nSPS) is 25.5. The quantitative estimate of drug-likeness (QED) is 0.583. The van der Waals surface area contributed by atoms with Gasteiger partial charge in [0, 0.05) is 17.7 Å². The Morgan fingerprint density at radius 2 is 1.85 bits per heavy atom. The van der Waals surface area contributed by atoms with Crippen molar-refractivity contribution in [2.24, 2.45) is 0 Å². The highest BCUT2D eigenvalue weighted by Crippen LogP contribution is 2.51. The van der Waals surface area contributed by atoms with Crippen LogP contribution in [-0.4, -0.2) is 5.54 Å². The lowest BCUT2D eigenvalue weighted by Gasteiger charge is -2.20. The van der Waals surface area contributed by atoms with Gasteiger partial charge in [0.05, 0.1) is 0 Å². The number of fused-ring (bicyclic) bond motifs is 1. The summed E-state index contributed by atoms with van der Waals surface area (Å²) in [5.74, 6) is 4.58. The van der Waals surface area contributed by atoms with Gasteiger partial charge in [0.15, 0.2) is 0 Å². The van der Waals surface area contributed by atoms with Gasteiger partial charge in [0.25, 0.3) is 0 Å². The Kier molecular flexibility index (Phi) is 2.76. The molecule has 0 N–H and O–H groups in total. The number of halogens is 2. The minimum absolute atomic E-state index is 0.431. The molecule has 5 radical (unpaired) electrons. The van der Waals surface area contributed by atoms with Gasteiger partial charge in [-0.1, -0.05) is 31.2 Å². The minimum atomic E-state index is -0.431. The molecule has 1 saturated carbocycles. The first-order valence-electron chi connectivity index (χ1n) is 4.13. The van der Waals surface area contributed by atoms with Gasteiger partial charge in [-0.2, -0.15) is 22.9 Å². The van der Waals surface area contributed by atoms with E-state index in [9.17, 15) is 0 Å². The summed E-state index contributed by atoms with van der Waals surface area (Å²) in [5.41, 5.74) is -0.431. The monoisotopic (exact) mass is 209 g/mol. The maximum absolute atomic E-state index is 5.89. The number of allylic oxidation sites excluding steroid dienone is 4. The highest BCUT2D eigenvalue weighted by molar-refractivity contribution is 7.36. The first-order chi connectivity index (χ1) is 6.20. The maximum Gasteiger partial charge on any atom is 0.359 e. The summed E-state index contributed by atoms with van der Waals surface area (Å²) in [7, 11) is 0. The number of rotatable bonds is 1. The van der Waals surface area contributed by atoms with Crippen LogP contribution < -0.4 is 0 Å². The van der Waals surface area contributed by atoms with Gasteiger partial charge < -0.3 is 0 Å². The van der Waals surface area contributed by atoms with Crippen LogP contribution in [0.3, 0.4) is 0 Å². The zero-order chi connectivity index (χ0) is 9.42. The van der Waals surface area contributed by atoms with Crippen LogP contribution in [0.15, 0.2) is 24.3 Å². The Morgan fingerprint density at radius 3 is 2.54 bits per heavy atom. The van der Waals surface area contributed by atoms with Crippen molar-refractivity contribution < 1.29 is 0 Å². The van der Waals surface area contributed by atoms with Crippen LogP contribution in [-0.2, 0) is 0 Å². The molecule has 2 rings (SSSR count). The summed E-state index contributed by atoms with van der Waals surface area (Å²) < 4.78 is 0. The van der Waals surface area contributed by atoms with E-state index < -0.39 is 5.54 Å². The highest BCUT2D eigenvalue weighted by atomic mass is 35.5. The molecule has 0 amide bonds. The van der Waals surface area contributed by atoms with Gasteiger partial charge in [-0.3, -0.25) is 0 Å². The molecule has 0 aliphatic heterocycles. The van der Waals surface area contributed by atoms with E-state index in [1.807, 2.05) is 19.1 Å². The fraction of sp³-hybridized carbons (Fsp3) is 0.100. The molecule has 0 unspecified atom stereocenters. The van der Waals surface area contributed by atoms with Crippen LogP contribution in [0, 0.1) is 30.0 Å². The van der Waals surface area contributed by atoms with E-state index in [1.165, 1.54) is 5.92 Å². The maximum atomic E-state index is 5.89. The van der Waals surface area contributed by atoms with E-state index in [4.69, 9.17) is 22.9 Å². The Hall–Kier alpha value is 0.125. The first-order valence-corrected chi connectivity index (χ1v) is 5.00. The number of hydrogen-bond donors (Lipinski definition) is 0. The van der Waals surface area contributed by atoms with Gasteiger partial charge in [-0.25, -0.2) is 0 Å². The zero-order valence-electron chi connectivity index (χ0n) is 7.22. The Labute approximate surface area is 89.9 Å². The molecule has 0 nitrogen and oxygen atoms in total. The summed E-state index contributed by atoms with van der Waals surface area (Å²) in [6.45, 7) is 2.03. The SMILES string of the molecule is C[C]1[CH][C]2C=CC=C[C]2[C]1B(Cl)Cl. The second-order valence-corrected chi connectivity index (χ2v) is 4.23. The first kappa shape index (κ1) is 9.67. The fourth-order valence-electron chi connectivity index (χ4n) is 1.68. The van der Waals surface area contributed by atoms with E-state index >= 15 is 0 Å². The Bertz CT molecular complexity index is 247. The average Bonchev–Trinajstić information content (AvgIpc) is 2.39. The van der Waals surface area contributed by atoms with Gasteiger partial charge in [-0.05, 0) is 12.3 Å². The standard InChI is InChI=1S/C10H8BCl2/c1-7-6-8-4-2-3-5-9(8)10(7)11(12)13/h2-6H,1H3. The lowest BCUT2D eigenvalue weighted by atomic mass is 9.70. The van der Waals surface area contributed by atoms with Crippen molar-refractivity contribution in [1.29, 1.82) is 0 Å². The van der Waals surface area contributed by atoms with Crippen LogP contribution in [0.2, 0.25) is 0 Å². The van der Waals surface area contributed by atoms with Crippen molar-refractivity contribution in [2.75, 3.05) is 0 Å². The van der Waals surface area contributed by atoms with E-state index in [0.29, 0.717) is 0 Å². The second-order valence-electron chi connectivity index (χ2n) is 3.13. The molecule has 3 heteroatoms. The molecule has 13 heavy (non-hydrogen) atoms. The van der Waals surface area contributed by atoms with E-state index in [0.717, 1.165) is 17.7 Å². The topological polar surface area (TPSA) is 0 Å². The molecule has 0 saturated heterocycles. The van der Waals surface area contributed by atoms with E-state index in [2.05, 4.69) is 18.6 Å². The molecule has 0 heterocycles. The molecule has 0 aromatic carbocycles. The van der Waals surface area contributed by atoms with Gasteiger partial charge in [0.2, 0.25) is 0 Å². The van der Waals surface area contributed by atoms with E-state index in [1.54, 1.807) is 0 Å². The van der Waals surface area contributed by atoms with Crippen LogP contribution in [0.25, 0.3) is 0 Å². The van der Waals surface area contributed by atoms with Crippen LogP contribution >= 0.6 is 22.9 Å². The van der Waals surface area contributed by atoms with Crippen molar-refractivity contribution in [2.45, 2.75) is 6.92 Å². The van der Waals surface area contributed by atoms with Crippen molar-refractivity contribution in [1.82, 2.24) is 0 Å². The van der Waals surface area contributed by atoms with Crippen LogP contribution in [0.4, 0.5) is 0 Å². The fourth-order valence-corrected chi connectivity index (χ4v) is 2.26. The summed E-state index contributed by atoms with van der Waals surface area (Å²) in [5, 5.41) is 0. The molecular formula is C10H8BCl2. The van der Waals surface area contributed by atoms with Crippen molar-refractivity contribution in [3.05, 3.63) is 54.3 Å². The minimum Gasteiger partial charge on any atom is -0.171 e. The summed E-state index contributed by atoms with van der Waals surface area (Å²) in [6.07, 6.45) is 10.3. The lowest BCUT2D eigenvalue weighted by molar-refractivity contribution is 1.17. The third-order valence-electron chi connectivity index (χ3n) is 2.27. The molecule has 0 aromatic rings. The van der Waals surface area contributed by atoms with Crippen molar-refractivity contribution in [3.63, 3.8) is 0 Å². The van der Waals surface area contributed by atoms with Gasteiger partial charge in [-0.15, -0.1) is 0 Å². The predicted molar refractivity (Wildman–Crippen MR) is 58.7 cm³/mol. The van der Waals surface area contributed by atoms with Crippen LogP contribution in [0.1, 0.15) is 6.92 Å². The average molecular weight is 210 g/mol. The molecule has 65 valence electrons. The van der Waals surface area contributed by atoms with Crippen LogP contribution in [0.5, 0.6) is 0 Å². The summed E-state index contributed by atoms with van der Waals surface area (Å²) in [6, 6.07) is 0. The Balaban J connectivity index is 2.20. The largest absolute Gasteiger partial charge is 0.359 e. The second kappa shape index (κ2) is 3.71. The molecule has 2 aliphatic rings. The third kappa shape index (κ3) is 1.69. The number of hydrogen-bond acceptors (Lipinski definition) is 0. The van der Waals surface area contributed by atoms with Crippen molar-refractivity contribution >= 4 is 28.5 Å². The van der Waals surface area contributed by atoms with Gasteiger partial charge in [0.1, 0.15) is 0 Å². The Morgan fingerprint density at radius 1 is 1.15 bits per heavy atom. The molecule has 0 atom stereocenters. The highest BCUT2D eigenvalue weighted by Gasteiger charge is 2.45. The molecule has 1 fully saturated rings. The molecule has 0 spiro atoms. The summed E-state index contributed by atoms with van der Waals surface area (Å²) in [4.78, 5) is 0. The lowest BCUT2D eigenvalue weighted by Crippen LogP contribution is -2.19. The molecule has 0 bridgehead atoms. The smallest absolute Gasteiger partial charge is 0.171 e. The molecule has 0 aromatic heterocycles.